The lowest BCUT2D eigenvalue weighted by Crippen LogP contribution is -2.31. The molecular weight excluding hydrogens is 172 g/mol. The van der Waals surface area contributed by atoms with Gasteiger partial charge in [0.2, 0.25) is 0 Å². The van der Waals surface area contributed by atoms with Gasteiger partial charge in [0.25, 0.3) is 6.43 Å². The Bertz CT molecular complexity index is 84.5. The monoisotopic (exact) mass is 185 g/mol. The molecule has 0 radical (unpaired) electrons. The number of rotatable bonds is 6. The highest BCUT2D eigenvalue weighted by Crippen LogP contribution is 1.99. The van der Waals surface area contributed by atoms with Crippen LogP contribution in [0.2, 0.25) is 0 Å². The smallest absolute Gasteiger partial charge is 0.251 e. The van der Waals surface area contributed by atoms with Crippen LogP contribution in [-0.2, 0) is 0 Å². The van der Waals surface area contributed by atoms with Crippen molar-refractivity contribution >= 4 is 11.6 Å². The van der Waals surface area contributed by atoms with E-state index in [0.29, 0.717) is 19.0 Å². The van der Waals surface area contributed by atoms with E-state index in [9.17, 15) is 8.78 Å². The summed E-state index contributed by atoms with van der Waals surface area (Å²) in [6.07, 6.45) is -1.35. The van der Waals surface area contributed by atoms with Crippen molar-refractivity contribution in [1.29, 1.82) is 0 Å². The molecule has 0 bridgehead atoms. The van der Waals surface area contributed by atoms with E-state index >= 15 is 0 Å². The Hall–Kier alpha value is 0.110. The summed E-state index contributed by atoms with van der Waals surface area (Å²) in [5, 5.41) is 0. The van der Waals surface area contributed by atoms with Crippen molar-refractivity contribution in [2.24, 2.45) is 0 Å². The topological polar surface area (TPSA) is 3.24 Å². The van der Waals surface area contributed by atoms with Crippen molar-refractivity contribution < 1.29 is 8.78 Å². The van der Waals surface area contributed by atoms with Crippen molar-refractivity contribution in [2.75, 3.05) is 25.5 Å². The van der Waals surface area contributed by atoms with Crippen LogP contribution in [0.25, 0.3) is 0 Å². The van der Waals surface area contributed by atoms with E-state index in [2.05, 4.69) is 0 Å². The van der Waals surface area contributed by atoms with Crippen LogP contribution in [-0.4, -0.2) is 36.8 Å². The number of alkyl halides is 3. The van der Waals surface area contributed by atoms with Gasteiger partial charge in [-0.2, -0.15) is 0 Å². The zero-order valence-corrected chi connectivity index (χ0v) is 7.45. The first-order chi connectivity index (χ1) is 5.20. The lowest BCUT2D eigenvalue weighted by atomic mass is 10.4. The maximum absolute atomic E-state index is 11.8. The maximum Gasteiger partial charge on any atom is 0.251 e. The van der Waals surface area contributed by atoms with Crippen molar-refractivity contribution in [2.45, 2.75) is 19.8 Å². The summed E-state index contributed by atoms with van der Waals surface area (Å²) >= 11 is 5.43. The van der Waals surface area contributed by atoms with Crippen molar-refractivity contribution in [1.82, 2.24) is 4.90 Å². The van der Waals surface area contributed by atoms with E-state index in [1.807, 2.05) is 6.92 Å². The minimum atomic E-state index is -2.25. The largest absolute Gasteiger partial charge is 0.297 e. The van der Waals surface area contributed by atoms with Gasteiger partial charge in [-0.05, 0) is 13.0 Å². The van der Waals surface area contributed by atoms with Crippen LogP contribution in [0.3, 0.4) is 0 Å². The van der Waals surface area contributed by atoms with E-state index in [-0.39, 0.29) is 6.54 Å². The van der Waals surface area contributed by atoms with Gasteiger partial charge in [-0.3, -0.25) is 4.90 Å². The molecule has 0 aromatic heterocycles. The predicted molar refractivity (Wildman–Crippen MR) is 43.5 cm³/mol. The molecule has 0 heterocycles. The van der Waals surface area contributed by atoms with Crippen LogP contribution >= 0.6 is 11.6 Å². The lowest BCUT2D eigenvalue weighted by Gasteiger charge is -2.19. The van der Waals surface area contributed by atoms with E-state index in [0.717, 1.165) is 6.42 Å². The molecule has 0 aliphatic rings. The van der Waals surface area contributed by atoms with Gasteiger partial charge in [0.15, 0.2) is 0 Å². The van der Waals surface area contributed by atoms with Crippen molar-refractivity contribution in [3.05, 3.63) is 0 Å². The maximum atomic E-state index is 11.8. The second-order valence-corrected chi connectivity index (χ2v) is 2.76. The van der Waals surface area contributed by atoms with Crippen LogP contribution in [0.5, 0.6) is 0 Å². The molecule has 68 valence electrons. The Kier molecular flexibility index (Phi) is 6.87. The molecule has 0 spiro atoms. The average Bonchev–Trinajstić information content (AvgIpc) is 1.87. The minimum Gasteiger partial charge on any atom is -0.297 e. The first-order valence-electron chi connectivity index (χ1n) is 3.77. The normalized spacial score (nSPS) is 11.5. The summed E-state index contributed by atoms with van der Waals surface area (Å²) in [4.78, 5) is 1.68. The van der Waals surface area contributed by atoms with Crippen LogP contribution in [0.15, 0.2) is 0 Å². The van der Waals surface area contributed by atoms with Gasteiger partial charge in [-0.15, -0.1) is 11.6 Å². The van der Waals surface area contributed by atoms with Crippen molar-refractivity contribution in [3.8, 4) is 0 Å². The molecule has 4 heteroatoms. The zero-order valence-electron chi connectivity index (χ0n) is 6.69. The third kappa shape index (κ3) is 6.51. The fraction of sp³-hybridized carbons (Fsp3) is 1.00. The molecule has 0 fully saturated rings. The molecule has 0 aromatic rings. The molecule has 0 amide bonds. The number of nitrogens with zero attached hydrogens (tertiary/aromatic N) is 1. The minimum absolute atomic E-state index is 0.152. The highest BCUT2D eigenvalue weighted by atomic mass is 35.5. The summed E-state index contributed by atoms with van der Waals surface area (Å²) in [6.45, 7) is 3.07. The summed E-state index contributed by atoms with van der Waals surface area (Å²) in [5.74, 6) is 0.423. The third-order valence-electron chi connectivity index (χ3n) is 1.34. The quantitative estimate of drug-likeness (QED) is 0.574. The lowest BCUT2D eigenvalue weighted by molar-refractivity contribution is 0.0912. The molecule has 11 heavy (non-hydrogen) atoms. The standard InChI is InChI=1S/C7H14ClF2N/c1-2-4-11(5-3-8)6-7(9)10/h7H,2-6H2,1H3. The molecule has 0 rings (SSSR count). The van der Waals surface area contributed by atoms with E-state index in [1.54, 1.807) is 4.90 Å². The summed E-state index contributed by atoms with van der Waals surface area (Å²) in [5.41, 5.74) is 0. The summed E-state index contributed by atoms with van der Waals surface area (Å²) in [7, 11) is 0. The summed E-state index contributed by atoms with van der Waals surface area (Å²) in [6, 6.07) is 0. The van der Waals surface area contributed by atoms with Gasteiger partial charge < -0.3 is 0 Å². The van der Waals surface area contributed by atoms with Gasteiger partial charge in [0.1, 0.15) is 0 Å². The van der Waals surface area contributed by atoms with Crippen LogP contribution in [0, 0.1) is 0 Å². The molecule has 0 unspecified atom stereocenters. The Balaban J connectivity index is 3.50. The molecule has 0 saturated heterocycles. The zero-order chi connectivity index (χ0) is 8.69. The SMILES string of the molecule is CCCN(CCCl)CC(F)F. The van der Waals surface area contributed by atoms with Crippen LogP contribution < -0.4 is 0 Å². The van der Waals surface area contributed by atoms with Gasteiger partial charge in [0, 0.05) is 12.4 Å². The van der Waals surface area contributed by atoms with Gasteiger partial charge >= 0.3 is 0 Å². The molecule has 1 nitrogen and oxygen atoms in total. The fourth-order valence-electron chi connectivity index (χ4n) is 0.925. The van der Waals surface area contributed by atoms with E-state index < -0.39 is 6.43 Å². The van der Waals surface area contributed by atoms with Crippen molar-refractivity contribution in [3.63, 3.8) is 0 Å². The third-order valence-corrected chi connectivity index (χ3v) is 1.51. The van der Waals surface area contributed by atoms with Gasteiger partial charge in [0.05, 0.1) is 6.54 Å². The highest BCUT2D eigenvalue weighted by molar-refractivity contribution is 6.18. The first-order valence-corrected chi connectivity index (χ1v) is 4.30. The highest BCUT2D eigenvalue weighted by Gasteiger charge is 2.09. The van der Waals surface area contributed by atoms with Crippen LogP contribution in [0.4, 0.5) is 8.78 Å². The predicted octanol–water partition coefficient (Wildman–Crippen LogP) is 2.20. The molecule has 0 saturated carbocycles. The average molecular weight is 186 g/mol. The number of hydrogen-bond acceptors (Lipinski definition) is 1. The van der Waals surface area contributed by atoms with E-state index in [4.69, 9.17) is 11.6 Å². The first kappa shape index (κ1) is 11.1. The fourth-order valence-corrected chi connectivity index (χ4v) is 1.16. The second-order valence-electron chi connectivity index (χ2n) is 2.38. The van der Waals surface area contributed by atoms with Gasteiger partial charge in [-0.1, -0.05) is 6.92 Å². The second kappa shape index (κ2) is 6.80. The molecule has 0 atom stereocenters. The Morgan fingerprint density at radius 1 is 1.36 bits per heavy atom. The Labute approximate surface area is 71.3 Å². The molecule has 0 aliphatic heterocycles. The Morgan fingerprint density at radius 2 is 2.00 bits per heavy atom. The van der Waals surface area contributed by atoms with Gasteiger partial charge in [-0.25, -0.2) is 8.78 Å². The molecule has 0 N–H and O–H groups in total. The number of hydrogen-bond donors (Lipinski definition) is 0. The Morgan fingerprint density at radius 3 is 2.36 bits per heavy atom. The molecule has 0 aliphatic carbocycles. The van der Waals surface area contributed by atoms with Crippen LogP contribution in [0.1, 0.15) is 13.3 Å². The molecular formula is C7H14ClF2N. The van der Waals surface area contributed by atoms with E-state index in [1.165, 1.54) is 0 Å². The molecule has 0 aromatic carbocycles. The number of halogens is 3. The summed E-state index contributed by atoms with van der Waals surface area (Å²) < 4.78 is 23.7.